The van der Waals surface area contributed by atoms with Crippen LogP contribution in [0.15, 0.2) is 0 Å². The van der Waals surface area contributed by atoms with E-state index < -0.39 is 11.9 Å². The van der Waals surface area contributed by atoms with Crippen LogP contribution in [0.3, 0.4) is 0 Å². The topological polar surface area (TPSA) is 77.8 Å². The molecule has 22 heavy (non-hydrogen) atoms. The molecule has 0 atom stereocenters. The molecule has 0 spiro atoms. The zero-order chi connectivity index (χ0) is 16.8. The summed E-state index contributed by atoms with van der Waals surface area (Å²) in [7, 11) is 0. The van der Waals surface area contributed by atoms with E-state index in [0.717, 1.165) is 30.6 Å². The van der Waals surface area contributed by atoms with E-state index in [1.807, 2.05) is 0 Å². The molecule has 0 aromatic carbocycles. The normalized spacial score (nSPS) is 14.5. The van der Waals surface area contributed by atoms with Gasteiger partial charge in [-0.15, -0.1) is 29.4 Å². The van der Waals surface area contributed by atoms with E-state index in [4.69, 9.17) is 19.8 Å². The summed E-state index contributed by atoms with van der Waals surface area (Å²) in [5.41, 5.74) is 0. The average Bonchev–Trinajstić information content (AvgIpc) is 2.52. The van der Waals surface area contributed by atoms with Crippen LogP contribution in [0.25, 0.3) is 0 Å². The minimum absolute atomic E-state index is 0.816. The van der Waals surface area contributed by atoms with Gasteiger partial charge in [-0.1, -0.05) is 19.8 Å². The Labute approximate surface area is 141 Å². The first-order chi connectivity index (χ1) is 10.5. The number of carboxylic acid groups (broad SMARTS) is 2. The second-order valence-electron chi connectivity index (χ2n) is 4.49. The molecule has 1 aliphatic rings. The van der Waals surface area contributed by atoms with Crippen molar-refractivity contribution in [3.05, 3.63) is 0 Å². The van der Waals surface area contributed by atoms with E-state index in [9.17, 15) is 0 Å². The van der Waals surface area contributed by atoms with Crippen LogP contribution in [0.2, 0.25) is 0 Å². The molecule has 126 valence electrons. The number of aliphatic carboxylic acids is 2. The zero-order valence-corrected chi connectivity index (χ0v) is 14.8. The Kier molecular flexibility index (Phi) is 13.3. The minimum Gasteiger partial charge on any atom is -0.473 e. The molecule has 1 heterocycles. The van der Waals surface area contributed by atoms with E-state index >= 15 is 0 Å². The SMILES string of the molecule is CCN(CC)CC#CCCC1SCCCS1.O=C(O)C(=O)O. The van der Waals surface area contributed by atoms with Gasteiger partial charge in [-0.2, -0.15) is 0 Å². The third-order valence-electron chi connectivity index (χ3n) is 2.91. The van der Waals surface area contributed by atoms with Crippen molar-refractivity contribution in [1.82, 2.24) is 4.90 Å². The van der Waals surface area contributed by atoms with Gasteiger partial charge in [0.05, 0.1) is 11.1 Å². The third kappa shape index (κ3) is 11.8. The summed E-state index contributed by atoms with van der Waals surface area (Å²) in [5.74, 6) is 5.65. The van der Waals surface area contributed by atoms with Gasteiger partial charge in [0.15, 0.2) is 0 Å². The maximum Gasteiger partial charge on any atom is 0.414 e. The molecule has 0 unspecified atom stereocenters. The standard InChI is InChI=1S/C13H23NS2.C2H2O4/c1-3-14(4-2)10-7-5-6-9-13-15-11-8-12-16-13;3-1(4)2(5)6/h13H,3-4,6,8-12H2,1-2H3;(H,3,4)(H,5,6). The molecule has 1 fully saturated rings. The Morgan fingerprint density at radius 1 is 1.09 bits per heavy atom. The molecule has 7 heteroatoms. The lowest BCUT2D eigenvalue weighted by Gasteiger charge is -2.19. The van der Waals surface area contributed by atoms with Crippen molar-refractivity contribution in [3.63, 3.8) is 0 Å². The van der Waals surface area contributed by atoms with Crippen molar-refractivity contribution in [2.75, 3.05) is 31.1 Å². The molecule has 0 aliphatic carbocycles. The fourth-order valence-corrected chi connectivity index (χ4v) is 4.46. The third-order valence-corrected chi connectivity index (χ3v) is 5.99. The summed E-state index contributed by atoms with van der Waals surface area (Å²) in [6.07, 6.45) is 3.73. The summed E-state index contributed by atoms with van der Waals surface area (Å²) >= 11 is 4.24. The van der Waals surface area contributed by atoms with Gasteiger partial charge in [-0.25, -0.2) is 9.59 Å². The Hall–Kier alpha value is -0.840. The fourth-order valence-electron chi connectivity index (χ4n) is 1.60. The molecule has 0 radical (unpaired) electrons. The predicted octanol–water partition coefficient (Wildman–Crippen LogP) is 2.46. The average molecular weight is 348 g/mol. The maximum absolute atomic E-state index is 9.10. The summed E-state index contributed by atoms with van der Waals surface area (Å²) < 4.78 is 0.816. The van der Waals surface area contributed by atoms with Gasteiger partial charge in [0.25, 0.3) is 0 Å². The Balaban J connectivity index is 0.000000626. The van der Waals surface area contributed by atoms with E-state index in [1.54, 1.807) is 0 Å². The second-order valence-corrected chi connectivity index (χ2v) is 7.41. The number of carboxylic acids is 2. The fraction of sp³-hybridized carbons (Fsp3) is 0.733. The number of thioether (sulfide) groups is 2. The Morgan fingerprint density at radius 3 is 2.09 bits per heavy atom. The molecular formula is C15H25NO4S2. The van der Waals surface area contributed by atoms with Gasteiger partial charge in [-0.3, -0.25) is 4.90 Å². The van der Waals surface area contributed by atoms with Gasteiger partial charge in [-0.05, 0) is 37.4 Å². The first-order valence-electron chi connectivity index (χ1n) is 7.38. The second kappa shape index (κ2) is 13.8. The molecule has 0 amide bonds. The molecule has 5 nitrogen and oxygen atoms in total. The summed E-state index contributed by atoms with van der Waals surface area (Å²) in [4.78, 5) is 20.6. The molecule has 0 bridgehead atoms. The summed E-state index contributed by atoms with van der Waals surface area (Å²) in [6.45, 7) is 7.55. The quantitative estimate of drug-likeness (QED) is 0.584. The smallest absolute Gasteiger partial charge is 0.414 e. The number of rotatable bonds is 5. The van der Waals surface area contributed by atoms with Crippen LogP contribution in [-0.2, 0) is 9.59 Å². The van der Waals surface area contributed by atoms with E-state index in [2.05, 4.69) is 54.1 Å². The molecule has 2 N–H and O–H groups in total. The molecular weight excluding hydrogens is 322 g/mol. The highest BCUT2D eigenvalue weighted by Crippen LogP contribution is 2.33. The summed E-state index contributed by atoms with van der Waals surface area (Å²) in [6, 6.07) is 0. The van der Waals surface area contributed by atoms with Gasteiger partial charge in [0.1, 0.15) is 0 Å². The number of hydrogen-bond donors (Lipinski definition) is 2. The highest BCUT2D eigenvalue weighted by molar-refractivity contribution is 8.17. The highest BCUT2D eigenvalue weighted by Gasteiger charge is 2.12. The molecule has 0 aromatic rings. The first-order valence-corrected chi connectivity index (χ1v) is 9.48. The van der Waals surface area contributed by atoms with Gasteiger partial charge >= 0.3 is 11.9 Å². The van der Waals surface area contributed by atoms with Gasteiger partial charge < -0.3 is 10.2 Å². The molecule has 0 saturated carbocycles. The highest BCUT2D eigenvalue weighted by atomic mass is 32.2. The minimum atomic E-state index is -1.82. The van der Waals surface area contributed by atoms with Crippen molar-refractivity contribution in [1.29, 1.82) is 0 Å². The number of nitrogens with zero attached hydrogens (tertiary/aromatic N) is 1. The number of carbonyl (C=O) groups is 2. The van der Waals surface area contributed by atoms with Gasteiger partial charge in [0.2, 0.25) is 0 Å². The van der Waals surface area contributed by atoms with E-state index in [1.165, 1.54) is 24.3 Å². The van der Waals surface area contributed by atoms with Crippen LogP contribution < -0.4 is 0 Å². The zero-order valence-electron chi connectivity index (χ0n) is 13.2. The molecule has 1 saturated heterocycles. The van der Waals surface area contributed by atoms with Crippen LogP contribution in [-0.4, -0.2) is 62.8 Å². The predicted molar refractivity (Wildman–Crippen MR) is 93.4 cm³/mol. The maximum atomic E-state index is 9.10. The molecule has 1 rings (SSSR count). The Morgan fingerprint density at radius 2 is 1.64 bits per heavy atom. The lowest BCUT2D eigenvalue weighted by molar-refractivity contribution is -0.159. The van der Waals surface area contributed by atoms with Crippen molar-refractivity contribution < 1.29 is 19.8 Å². The lowest BCUT2D eigenvalue weighted by atomic mass is 10.3. The van der Waals surface area contributed by atoms with Crippen LogP contribution in [0.1, 0.15) is 33.1 Å². The summed E-state index contributed by atoms with van der Waals surface area (Å²) in [5, 5.41) is 14.8. The van der Waals surface area contributed by atoms with Crippen LogP contribution in [0.5, 0.6) is 0 Å². The number of hydrogen-bond acceptors (Lipinski definition) is 5. The van der Waals surface area contributed by atoms with Gasteiger partial charge in [0, 0.05) is 6.42 Å². The van der Waals surface area contributed by atoms with E-state index in [-0.39, 0.29) is 0 Å². The van der Waals surface area contributed by atoms with Crippen molar-refractivity contribution in [2.24, 2.45) is 0 Å². The van der Waals surface area contributed by atoms with Crippen molar-refractivity contribution in [2.45, 2.75) is 37.7 Å². The largest absolute Gasteiger partial charge is 0.473 e. The van der Waals surface area contributed by atoms with Crippen molar-refractivity contribution in [3.8, 4) is 11.8 Å². The lowest BCUT2D eigenvalue weighted by Crippen LogP contribution is -2.22. The van der Waals surface area contributed by atoms with Crippen molar-refractivity contribution >= 4 is 35.5 Å². The Bertz CT molecular complexity index is 371. The molecule has 1 aliphatic heterocycles. The van der Waals surface area contributed by atoms with Crippen LogP contribution in [0.4, 0.5) is 0 Å². The van der Waals surface area contributed by atoms with Crippen LogP contribution >= 0.6 is 23.5 Å². The molecule has 0 aromatic heterocycles. The van der Waals surface area contributed by atoms with Crippen LogP contribution in [0, 0.1) is 11.8 Å². The van der Waals surface area contributed by atoms with E-state index in [0.29, 0.717) is 0 Å². The monoisotopic (exact) mass is 347 g/mol. The first kappa shape index (κ1) is 21.2.